The van der Waals surface area contributed by atoms with Gasteiger partial charge in [-0.15, -0.1) is 0 Å². The average Bonchev–Trinajstić information content (AvgIpc) is 3.23. The lowest BCUT2D eigenvalue weighted by molar-refractivity contribution is 0.223. The average molecular weight is 371 g/mol. The quantitative estimate of drug-likeness (QED) is 0.876. The lowest BCUT2D eigenvalue weighted by atomic mass is 9.92. The van der Waals surface area contributed by atoms with Crippen LogP contribution in [-0.2, 0) is 10.0 Å². The van der Waals surface area contributed by atoms with Gasteiger partial charge >= 0.3 is 0 Å². The van der Waals surface area contributed by atoms with Crippen molar-refractivity contribution in [2.24, 2.45) is 5.92 Å². The number of hydrogen-bond donors (Lipinski definition) is 1. The number of aliphatic hydroxyl groups excluding tert-OH is 1. The van der Waals surface area contributed by atoms with Crippen LogP contribution in [0, 0.1) is 11.7 Å². The van der Waals surface area contributed by atoms with Crippen molar-refractivity contribution in [3.05, 3.63) is 46.4 Å². The van der Waals surface area contributed by atoms with Gasteiger partial charge in [0, 0.05) is 31.5 Å². The second-order valence-electron chi connectivity index (χ2n) is 5.72. The summed E-state index contributed by atoms with van der Waals surface area (Å²) in [4.78, 5) is -0.108. The highest BCUT2D eigenvalue weighted by molar-refractivity contribution is 7.89. The number of hydrogen-bond acceptors (Lipinski definition) is 5. The molecule has 1 fully saturated rings. The fraction of sp³-hybridized carbons (Fsp3) is 0.375. The fourth-order valence-corrected chi connectivity index (χ4v) is 5.29. The zero-order valence-corrected chi connectivity index (χ0v) is 14.7. The third-order valence-electron chi connectivity index (χ3n) is 4.37. The highest BCUT2D eigenvalue weighted by Crippen LogP contribution is 2.36. The van der Waals surface area contributed by atoms with Crippen LogP contribution in [0.25, 0.3) is 0 Å². The largest absolute Gasteiger partial charge is 0.494 e. The summed E-state index contributed by atoms with van der Waals surface area (Å²) >= 11 is 1.54. The summed E-state index contributed by atoms with van der Waals surface area (Å²) in [5.41, 5.74) is 1.03. The molecule has 2 atom stereocenters. The molecule has 0 aliphatic carbocycles. The van der Waals surface area contributed by atoms with Gasteiger partial charge in [0.1, 0.15) is 0 Å². The third kappa shape index (κ3) is 3.06. The first-order chi connectivity index (χ1) is 11.5. The Morgan fingerprint density at radius 1 is 1.38 bits per heavy atom. The van der Waals surface area contributed by atoms with E-state index in [4.69, 9.17) is 4.74 Å². The van der Waals surface area contributed by atoms with Crippen molar-refractivity contribution in [3.8, 4) is 5.75 Å². The molecule has 1 aromatic carbocycles. The predicted molar refractivity (Wildman–Crippen MR) is 89.3 cm³/mol. The normalized spacial score (nSPS) is 22.0. The molecule has 1 N–H and O–H groups in total. The molecule has 0 bridgehead atoms. The van der Waals surface area contributed by atoms with Crippen molar-refractivity contribution in [2.75, 3.05) is 26.8 Å². The monoisotopic (exact) mass is 371 g/mol. The van der Waals surface area contributed by atoms with E-state index in [0.29, 0.717) is 0 Å². The van der Waals surface area contributed by atoms with Crippen LogP contribution >= 0.6 is 11.3 Å². The van der Waals surface area contributed by atoms with E-state index in [1.807, 2.05) is 16.8 Å². The number of rotatable bonds is 5. The van der Waals surface area contributed by atoms with E-state index < -0.39 is 15.8 Å². The molecule has 8 heteroatoms. The molecule has 1 saturated heterocycles. The fourth-order valence-electron chi connectivity index (χ4n) is 3.03. The first-order valence-corrected chi connectivity index (χ1v) is 9.82. The summed E-state index contributed by atoms with van der Waals surface area (Å²) in [6, 6.07) is 5.56. The van der Waals surface area contributed by atoms with Gasteiger partial charge in [-0.3, -0.25) is 0 Å². The zero-order chi connectivity index (χ0) is 17.3. The topological polar surface area (TPSA) is 66.8 Å². The minimum Gasteiger partial charge on any atom is -0.494 e. The Kier molecular flexibility index (Phi) is 4.91. The van der Waals surface area contributed by atoms with Crippen LogP contribution in [0.3, 0.4) is 0 Å². The molecule has 0 radical (unpaired) electrons. The Balaban J connectivity index is 1.89. The molecular formula is C16H18FNO4S2. The molecule has 24 heavy (non-hydrogen) atoms. The Morgan fingerprint density at radius 2 is 2.17 bits per heavy atom. The third-order valence-corrected chi connectivity index (χ3v) is 6.90. The first-order valence-electron chi connectivity index (χ1n) is 7.44. The molecule has 3 rings (SSSR count). The van der Waals surface area contributed by atoms with E-state index in [-0.39, 0.29) is 42.2 Å². The molecule has 2 heterocycles. The smallest absolute Gasteiger partial charge is 0.243 e. The van der Waals surface area contributed by atoms with E-state index in [1.54, 1.807) is 0 Å². The van der Waals surface area contributed by atoms with Crippen molar-refractivity contribution in [1.82, 2.24) is 4.31 Å². The molecule has 5 nitrogen and oxygen atoms in total. The van der Waals surface area contributed by atoms with Crippen LogP contribution in [0.4, 0.5) is 4.39 Å². The number of halogens is 1. The van der Waals surface area contributed by atoms with Gasteiger partial charge in [0.05, 0.1) is 12.0 Å². The summed E-state index contributed by atoms with van der Waals surface area (Å²) in [7, 11) is -2.50. The van der Waals surface area contributed by atoms with E-state index in [1.165, 1.54) is 34.9 Å². The van der Waals surface area contributed by atoms with Gasteiger partial charge in [-0.25, -0.2) is 12.8 Å². The lowest BCUT2D eigenvalue weighted by Gasteiger charge is -2.17. The molecule has 2 aromatic rings. The number of aliphatic hydroxyl groups is 1. The van der Waals surface area contributed by atoms with Crippen molar-refractivity contribution < 1.29 is 22.7 Å². The van der Waals surface area contributed by atoms with Crippen LogP contribution in [-0.4, -0.2) is 44.6 Å². The Morgan fingerprint density at radius 3 is 2.75 bits per heavy atom. The van der Waals surface area contributed by atoms with Crippen molar-refractivity contribution in [2.45, 2.75) is 10.8 Å². The maximum atomic E-state index is 13.9. The predicted octanol–water partition coefficient (Wildman–Crippen LogP) is 2.29. The number of nitrogens with zero attached hydrogens (tertiary/aromatic N) is 1. The van der Waals surface area contributed by atoms with Gasteiger partial charge in [-0.1, -0.05) is 0 Å². The van der Waals surface area contributed by atoms with Gasteiger partial charge in [0.2, 0.25) is 10.0 Å². The van der Waals surface area contributed by atoms with E-state index in [0.717, 1.165) is 11.6 Å². The molecule has 0 amide bonds. The highest BCUT2D eigenvalue weighted by Gasteiger charge is 2.40. The Hall–Kier alpha value is -1.48. The first kappa shape index (κ1) is 17.3. The number of benzene rings is 1. The summed E-state index contributed by atoms with van der Waals surface area (Å²) < 4.78 is 45.6. The van der Waals surface area contributed by atoms with Gasteiger partial charge in [-0.2, -0.15) is 15.6 Å². The SMILES string of the molecule is COc1ccc(S(=O)(=O)N2C[C@H](CO)[C@H](c3ccsc3)C2)cc1F. The van der Waals surface area contributed by atoms with Crippen LogP contribution in [0.15, 0.2) is 39.9 Å². The number of thiophene rings is 1. The standard InChI is InChI=1S/C16H18FNO4S2/c1-22-16-3-2-13(6-15(16)17)24(20,21)18-7-12(9-19)14(8-18)11-4-5-23-10-11/h2-6,10,12,14,19H,7-9H2,1H3/t12-,14+/m1/s1. The Labute approximate surface area is 144 Å². The van der Waals surface area contributed by atoms with Crippen molar-refractivity contribution in [3.63, 3.8) is 0 Å². The van der Waals surface area contributed by atoms with Crippen molar-refractivity contribution >= 4 is 21.4 Å². The number of ether oxygens (including phenoxy) is 1. The molecule has 0 unspecified atom stereocenters. The Bertz CT molecular complexity index is 807. The van der Waals surface area contributed by atoms with Crippen LogP contribution in [0.2, 0.25) is 0 Å². The maximum absolute atomic E-state index is 13.9. The van der Waals surface area contributed by atoms with E-state index in [2.05, 4.69) is 0 Å². The minimum absolute atomic E-state index is 0.000226. The second kappa shape index (κ2) is 6.79. The van der Waals surface area contributed by atoms with Gasteiger partial charge < -0.3 is 9.84 Å². The van der Waals surface area contributed by atoms with E-state index in [9.17, 15) is 17.9 Å². The molecule has 1 aliphatic rings. The molecule has 0 spiro atoms. The van der Waals surface area contributed by atoms with Crippen molar-refractivity contribution in [1.29, 1.82) is 0 Å². The van der Waals surface area contributed by atoms with Crippen LogP contribution < -0.4 is 4.74 Å². The molecule has 0 saturated carbocycles. The number of methoxy groups -OCH3 is 1. The van der Waals surface area contributed by atoms with E-state index >= 15 is 0 Å². The molecular weight excluding hydrogens is 353 g/mol. The van der Waals surface area contributed by atoms with Gasteiger partial charge in [0.25, 0.3) is 0 Å². The summed E-state index contributed by atoms with van der Waals surface area (Å²) in [6.45, 7) is 0.397. The van der Waals surface area contributed by atoms with Crippen LogP contribution in [0.5, 0.6) is 5.75 Å². The minimum atomic E-state index is -3.82. The summed E-state index contributed by atoms with van der Waals surface area (Å²) in [5.74, 6) is -0.942. The maximum Gasteiger partial charge on any atom is 0.243 e. The van der Waals surface area contributed by atoms with Gasteiger partial charge in [-0.05, 0) is 40.6 Å². The molecule has 1 aliphatic heterocycles. The van der Waals surface area contributed by atoms with Gasteiger partial charge in [0.15, 0.2) is 11.6 Å². The molecule has 1 aromatic heterocycles. The second-order valence-corrected chi connectivity index (χ2v) is 8.44. The highest BCUT2D eigenvalue weighted by atomic mass is 32.2. The lowest BCUT2D eigenvalue weighted by Crippen LogP contribution is -2.29. The summed E-state index contributed by atoms with van der Waals surface area (Å²) in [6.07, 6.45) is 0. The summed E-state index contributed by atoms with van der Waals surface area (Å²) in [5, 5.41) is 13.5. The zero-order valence-electron chi connectivity index (χ0n) is 13.1. The van der Waals surface area contributed by atoms with Crippen LogP contribution in [0.1, 0.15) is 11.5 Å². The number of sulfonamides is 1. The molecule has 130 valence electrons.